The fraction of sp³-hybridized carbons (Fsp3) is 0.400. The Morgan fingerprint density at radius 1 is 1.17 bits per heavy atom. The van der Waals surface area contributed by atoms with E-state index in [4.69, 9.17) is 0 Å². The lowest BCUT2D eigenvalue weighted by molar-refractivity contribution is 0.638. The van der Waals surface area contributed by atoms with E-state index in [9.17, 15) is 0 Å². The summed E-state index contributed by atoms with van der Waals surface area (Å²) in [6.45, 7) is 7.45. The summed E-state index contributed by atoms with van der Waals surface area (Å²) in [4.78, 5) is 4.38. The first-order valence-electron chi connectivity index (χ1n) is 6.55. The summed E-state index contributed by atoms with van der Waals surface area (Å²) < 4.78 is 2.17. The van der Waals surface area contributed by atoms with Gasteiger partial charge in [-0.3, -0.25) is 0 Å². The molecule has 1 aromatic carbocycles. The third-order valence-electron chi connectivity index (χ3n) is 2.95. The third kappa shape index (κ3) is 3.13. The molecule has 1 N–H and O–H groups in total. The number of benzene rings is 1. The summed E-state index contributed by atoms with van der Waals surface area (Å²) in [5.41, 5.74) is 3.64. The van der Waals surface area contributed by atoms with Gasteiger partial charge in [-0.1, -0.05) is 19.4 Å². The van der Waals surface area contributed by atoms with Crippen LogP contribution in [0.5, 0.6) is 0 Å². The lowest BCUT2D eigenvalue weighted by Crippen LogP contribution is -2.03. The monoisotopic (exact) mass is 243 g/mol. The van der Waals surface area contributed by atoms with Crippen LogP contribution in [0.15, 0.2) is 30.6 Å². The van der Waals surface area contributed by atoms with E-state index < -0.39 is 0 Å². The molecule has 0 saturated heterocycles. The molecule has 0 aliphatic rings. The second-order valence-corrected chi connectivity index (χ2v) is 4.80. The van der Waals surface area contributed by atoms with Gasteiger partial charge >= 0.3 is 0 Å². The smallest absolute Gasteiger partial charge is 0.207 e. The third-order valence-corrected chi connectivity index (χ3v) is 2.95. The Labute approximate surface area is 109 Å². The molecular formula is C15H21N3. The average Bonchev–Trinajstić information content (AvgIpc) is 2.72. The van der Waals surface area contributed by atoms with Gasteiger partial charge in [0.15, 0.2) is 0 Å². The summed E-state index contributed by atoms with van der Waals surface area (Å²) >= 11 is 0. The summed E-state index contributed by atoms with van der Waals surface area (Å²) in [5, 5.41) is 3.39. The SMILES string of the molecule is CCCCn1ccnc1Nc1cc(C)cc(C)c1. The van der Waals surface area contributed by atoms with E-state index in [1.165, 1.54) is 24.0 Å². The maximum absolute atomic E-state index is 4.38. The maximum Gasteiger partial charge on any atom is 0.207 e. The van der Waals surface area contributed by atoms with Gasteiger partial charge in [0.2, 0.25) is 5.95 Å². The Bertz CT molecular complexity index is 494. The van der Waals surface area contributed by atoms with Crippen LogP contribution in [0.1, 0.15) is 30.9 Å². The zero-order valence-corrected chi connectivity index (χ0v) is 11.4. The number of aryl methyl sites for hydroxylation is 3. The van der Waals surface area contributed by atoms with Gasteiger partial charge in [-0.15, -0.1) is 0 Å². The maximum atomic E-state index is 4.38. The number of rotatable bonds is 5. The van der Waals surface area contributed by atoms with Crippen LogP contribution >= 0.6 is 0 Å². The van der Waals surface area contributed by atoms with Crippen molar-refractivity contribution in [3.8, 4) is 0 Å². The van der Waals surface area contributed by atoms with Crippen molar-refractivity contribution in [3.63, 3.8) is 0 Å². The molecule has 0 spiro atoms. The summed E-state index contributed by atoms with van der Waals surface area (Å²) in [6, 6.07) is 6.46. The number of hydrogen-bond donors (Lipinski definition) is 1. The Morgan fingerprint density at radius 3 is 2.56 bits per heavy atom. The van der Waals surface area contributed by atoms with Crippen LogP contribution in [-0.2, 0) is 6.54 Å². The second-order valence-electron chi connectivity index (χ2n) is 4.80. The van der Waals surface area contributed by atoms with E-state index in [1.54, 1.807) is 0 Å². The number of anilines is 2. The van der Waals surface area contributed by atoms with Crippen molar-refractivity contribution >= 4 is 11.6 Å². The summed E-state index contributed by atoms with van der Waals surface area (Å²) in [6.07, 6.45) is 6.25. The Hall–Kier alpha value is -1.77. The molecule has 0 unspecified atom stereocenters. The number of hydrogen-bond acceptors (Lipinski definition) is 2. The molecule has 1 aromatic heterocycles. The quantitative estimate of drug-likeness (QED) is 0.858. The fourth-order valence-electron chi connectivity index (χ4n) is 2.12. The van der Waals surface area contributed by atoms with Crippen molar-refractivity contribution in [2.45, 2.75) is 40.2 Å². The van der Waals surface area contributed by atoms with Crippen LogP contribution in [0.2, 0.25) is 0 Å². The molecule has 0 radical (unpaired) electrons. The van der Waals surface area contributed by atoms with Crippen molar-refractivity contribution < 1.29 is 0 Å². The van der Waals surface area contributed by atoms with Crippen molar-refractivity contribution in [2.24, 2.45) is 0 Å². The first-order valence-corrected chi connectivity index (χ1v) is 6.55. The highest BCUT2D eigenvalue weighted by Crippen LogP contribution is 2.18. The highest BCUT2D eigenvalue weighted by atomic mass is 15.2. The molecule has 0 amide bonds. The van der Waals surface area contributed by atoms with E-state index in [-0.39, 0.29) is 0 Å². The minimum absolute atomic E-state index is 0.924. The molecule has 18 heavy (non-hydrogen) atoms. The van der Waals surface area contributed by atoms with E-state index in [2.05, 4.69) is 53.8 Å². The summed E-state index contributed by atoms with van der Waals surface area (Å²) in [7, 11) is 0. The lowest BCUT2D eigenvalue weighted by atomic mass is 10.1. The normalized spacial score (nSPS) is 10.6. The second kappa shape index (κ2) is 5.71. The van der Waals surface area contributed by atoms with Gasteiger partial charge in [-0.25, -0.2) is 4.98 Å². The Kier molecular flexibility index (Phi) is 4.03. The van der Waals surface area contributed by atoms with Gasteiger partial charge in [0.1, 0.15) is 0 Å². The molecule has 0 fully saturated rings. The molecule has 2 rings (SSSR count). The number of nitrogens with zero attached hydrogens (tertiary/aromatic N) is 2. The highest BCUT2D eigenvalue weighted by molar-refractivity contribution is 5.56. The zero-order chi connectivity index (χ0) is 13.0. The minimum atomic E-state index is 0.924. The van der Waals surface area contributed by atoms with E-state index in [0.29, 0.717) is 0 Å². The first-order chi connectivity index (χ1) is 8.69. The molecule has 0 bridgehead atoms. The molecule has 0 saturated carbocycles. The fourth-order valence-corrected chi connectivity index (χ4v) is 2.12. The predicted molar refractivity (Wildman–Crippen MR) is 76.3 cm³/mol. The lowest BCUT2D eigenvalue weighted by Gasteiger charge is -2.10. The number of nitrogens with one attached hydrogen (secondary N) is 1. The van der Waals surface area contributed by atoms with E-state index >= 15 is 0 Å². The molecule has 96 valence electrons. The predicted octanol–water partition coefficient (Wildman–Crippen LogP) is 4.04. The molecule has 0 aliphatic carbocycles. The molecular weight excluding hydrogens is 222 g/mol. The average molecular weight is 243 g/mol. The van der Waals surface area contributed by atoms with Crippen molar-refractivity contribution in [1.82, 2.24) is 9.55 Å². The molecule has 3 nitrogen and oxygen atoms in total. The van der Waals surface area contributed by atoms with Gasteiger partial charge in [0, 0.05) is 24.6 Å². The number of unbranched alkanes of at least 4 members (excludes halogenated alkanes) is 1. The molecule has 1 heterocycles. The molecule has 3 heteroatoms. The van der Waals surface area contributed by atoms with Crippen LogP contribution in [0, 0.1) is 13.8 Å². The van der Waals surface area contributed by atoms with Crippen LogP contribution in [0.25, 0.3) is 0 Å². The van der Waals surface area contributed by atoms with E-state index in [1.807, 2.05) is 12.4 Å². The number of imidazole rings is 1. The van der Waals surface area contributed by atoms with Crippen LogP contribution in [0.3, 0.4) is 0 Å². The minimum Gasteiger partial charge on any atom is -0.326 e. The topological polar surface area (TPSA) is 29.9 Å². The Balaban J connectivity index is 2.15. The largest absolute Gasteiger partial charge is 0.326 e. The van der Waals surface area contributed by atoms with Crippen LogP contribution in [-0.4, -0.2) is 9.55 Å². The van der Waals surface area contributed by atoms with Gasteiger partial charge in [-0.05, 0) is 43.5 Å². The standard InChI is InChI=1S/C15H21N3/c1-4-5-7-18-8-6-16-15(18)17-14-10-12(2)9-13(3)11-14/h6,8-11H,4-5,7H2,1-3H3,(H,16,17). The highest BCUT2D eigenvalue weighted by Gasteiger charge is 2.03. The zero-order valence-electron chi connectivity index (χ0n) is 11.4. The molecule has 2 aromatic rings. The number of aromatic nitrogens is 2. The van der Waals surface area contributed by atoms with Crippen LogP contribution in [0.4, 0.5) is 11.6 Å². The first kappa shape index (κ1) is 12.7. The molecule has 0 atom stereocenters. The van der Waals surface area contributed by atoms with Gasteiger partial charge in [0.05, 0.1) is 0 Å². The van der Waals surface area contributed by atoms with E-state index in [0.717, 1.165) is 18.2 Å². The van der Waals surface area contributed by atoms with Gasteiger partial charge < -0.3 is 9.88 Å². The summed E-state index contributed by atoms with van der Waals surface area (Å²) in [5.74, 6) is 0.924. The van der Waals surface area contributed by atoms with Gasteiger partial charge in [-0.2, -0.15) is 0 Å². The Morgan fingerprint density at radius 2 is 1.89 bits per heavy atom. The van der Waals surface area contributed by atoms with Crippen molar-refractivity contribution in [3.05, 3.63) is 41.7 Å². The van der Waals surface area contributed by atoms with Gasteiger partial charge in [0.25, 0.3) is 0 Å². The van der Waals surface area contributed by atoms with Crippen molar-refractivity contribution in [1.29, 1.82) is 0 Å². The molecule has 0 aliphatic heterocycles. The van der Waals surface area contributed by atoms with Crippen molar-refractivity contribution in [2.75, 3.05) is 5.32 Å². The van der Waals surface area contributed by atoms with Crippen LogP contribution < -0.4 is 5.32 Å².